The summed E-state index contributed by atoms with van der Waals surface area (Å²) in [5.41, 5.74) is 2.61. The Morgan fingerprint density at radius 1 is 1.09 bits per heavy atom. The summed E-state index contributed by atoms with van der Waals surface area (Å²) >= 11 is 0. The lowest BCUT2D eigenvalue weighted by molar-refractivity contribution is -0.0271. The smallest absolute Gasteiger partial charge is 0.410 e. The molecule has 1 N–H and O–H groups in total. The van der Waals surface area contributed by atoms with Gasteiger partial charge in [0.25, 0.3) is 10.2 Å². The van der Waals surface area contributed by atoms with E-state index in [1.165, 1.54) is 25.2 Å². The highest BCUT2D eigenvalue weighted by molar-refractivity contribution is 7.87. The first-order chi connectivity index (χ1) is 15.3. The van der Waals surface area contributed by atoms with Crippen LogP contribution in [0.5, 0.6) is 0 Å². The Kier molecular flexibility index (Phi) is 7.39. The van der Waals surface area contributed by atoms with E-state index in [1.54, 1.807) is 4.90 Å². The first kappa shape index (κ1) is 23.5. The van der Waals surface area contributed by atoms with Gasteiger partial charge < -0.3 is 14.4 Å². The van der Waals surface area contributed by atoms with Gasteiger partial charge in [-0.1, -0.05) is 24.3 Å². The largest absolute Gasteiger partial charge is 0.449 e. The Morgan fingerprint density at radius 2 is 1.84 bits per heavy atom. The van der Waals surface area contributed by atoms with E-state index in [9.17, 15) is 13.2 Å². The number of hydrogen-bond acceptors (Lipinski definition) is 5. The monoisotopic (exact) mass is 465 g/mol. The molecule has 2 atom stereocenters. The van der Waals surface area contributed by atoms with E-state index in [-0.39, 0.29) is 12.1 Å². The second-order valence-electron chi connectivity index (χ2n) is 9.28. The summed E-state index contributed by atoms with van der Waals surface area (Å²) in [5, 5.41) is 0. The summed E-state index contributed by atoms with van der Waals surface area (Å²) in [6.07, 6.45) is 5.89. The number of carbonyl (C=O) groups is 1. The minimum absolute atomic E-state index is 0.132. The van der Waals surface area contributed by atoms with Gasteiger partial charge in [0.15, 0.2) is 0 Å². The molecule has 1 saturated carbocycles. The third-order valence-corrected chi connectivity index (χ3v) is 8.63. The van der Waals surface area contributed by atoms with Crippen molar-refractivity contribution in [1.29, 1.82) is 0 Å². The van der Waals surface area contributed by atoms with Gasteiger partial charge >= 0.3 is 6.09 Å². The summed E-state index contributed by atoms with van der Waals surface area (Å²) < 4.78 is 40.9. The lowest BCUT2D eigenvalue weighted by Gasteiger charge is -2.42. The number of fused-ring (bicyclic) bond motifs is 6. The molecular formula is C23H35N3O5S. The van der Waals surface area contributed by atoms with Crippen LogP contribution >= 0.6 is 0 Å². The fourth-order valence-electron chi connectivity index (χ4n) is 5.19. The Morgan fingerprint density at radius 3 is 2.59 bits per heavy atom. The molecule has 0 radical (unpaired) electrons. The molecule has 1 amide bonds. The highest BCUT2D eigenvalue weighted by atomic mass is 32.2. The first-order valence-corrected chi connectivity index (χ1v) is 13.1. The number of hydrogen-bond donors (Lipinski definition) is 1. The predicted octanol–water partition coefficient (Wildman–Crippen LogP) is 2.65. The van der Waals surface area contributed by atoms with Crippen LogP contribution in [0.15, 0.2) is 24.3 Å². The summed E-state index contributed by atoms with van der Waals surface area (Å²) in [6.45, 7) is 1.15. The molecule has 3 aliphatic heterocycles. The minimum Gasteiger partial charge on any atom is -0.449 e. The zero-order chi connectivity index (χ0) is 22.7. The van der Waals surface area contributed by atoms with Crippen molar-refractivity contribution in [1.82, 2.24) is 13.9 Å². The Balaban J connectivity index is 1.56. The minimum atomic E-state index is -3.62. The number of nitrogens with one attached hydrogen (secondary N) is 1. The molecule has 1 aliphatic carbocycles. The van der Waals surface area contributed by atoms with Crippen molar-refractivity contribution in [2.24, 2.45) is 0 Å². The zero-order valence-corrected chi connectivity index (χ0v) is 19.9. The first-order valence-electron chi connectivity index (χ1n) is 11.7. The quantitative estimate of drug-likeness (QED) is 0.742. The van der Waals surface area contributed by atoms with E-state index in [1.807, 2.05) is 6.07 Å². The van der Waals surface area contributed by atoms with Gasteiger partial charge in [0.1, 0.15) is 0 Å². The maximum Gasteiger partial charge on any atom is 0.410 e. The molecule has 8 nitrogen and oxygen atoms in total. The number of amides is 1. The molecule has 1 aromatic rings. The fraction of sp³-hybridized carbons (Fsp3) is 0.696. The van der Waals surface area contributed by atoms with Crippen LogP contribution < -0.4 is 4.72 Å². The number of benzene rings is 1. The molecule has 1 aromatic carbocycles. The van der Waals surface area contributed by atoms with Crippen molar-refractivity contribution >= 4 is 16.3 Å². The molecule has 1 saturated heterocycles. The average Bonchev–Trinajstić information content (AvgIpc) is 2.78. The Bertz CT molecular complexity index is 899. The predicted molar refractivity (Wildman–Crippen MR) is 122 cm³/mol. The van der Waals surface area contributed by atoms with Gasteiger partial charge in [-0.3, -0.25) is 0 Å². The van der Waals surface area contributed by atoms with Crippen molar-refractivity contribution in [2.45, 2.75) is 69.1 Å². The normalized spacial score (nSPS) is 29.7. The van der Waals surface area contributed by atoms with Crippen molar-refractivity contribution in [3.63, 3.8) is 0 Å². The molecular weight excluding hydrogens is 430 g/mol. The molecule has 9 heteroatoms. The third kappa shape index (κ3) is 5.27. The summed E-state index contributed by atoms with van der Waals surface area (Å²) in [5.74, 6) is 0.510. The van der Waals surface area contributed by atoms with Crippen LogP contribution in [-0.2, 0) is 26.1 Å². The van der Waals surface area contributed by atoms with Crippen LogP contribution in [0.2, 0.25) is 0 Å². The number of ether oxygens (including phenoxy) is 2. The fourth-order valence-corrected chi connectivity index (χ4v) is 6.06. The molecule has 4 aliphatic rings. The van der Waals surface area contributed by atoms with E-state index in [0.29, 0.717) is 44.9 Å². The summed E-state index contributed by atoms with van der Waals surface area (Å²) in [4.78, 5) is 14.7. The summed E-state index contributed by atoms with van der Waals surface area (Å²) in [6, 6.07) is 7.67. The molecule has 0 spiro atoms. The highest BCUT2D eigenvalue weighted by Gasteiger charge is 2.39. The third-order valence-electron chi connectivity index (χ3n) is 7.06. The SMILES string of the molecule is CN(C)S(=O)(=O)N[C@@H]1CCCN2C(=O)OCCc3ccccc3C3CCC(CC3)OC[C@@H]12. The Hall–Kier alpha value is -1.68. The van der Waals surface area contributed by atoms with Crippen molar-refractivity contribution in [3.05, 3.63) is 35.4 Å². The maximum atomic E-state index is 13.0. The van der Waals surface area contributed by atoms with Gasteiger partial charge in [-0.15, -0.1) is 0 Å². The molecule has 2 fully saturated rings. The molecule has 178 valence electrons. The topological polar surface area (TPSA) is 88.2 Å². The summed E-state index contributed by atoms with van der Waals surface area (Å²) in [7, 11) is -0.628. The van der Waals surface area contributed by atoms with Gasteiger partial charge in [-0.2, -0.15) is 17.4 Å². The van der Waals surface area contributed by atoms with Gasteiger partial charge in [-0.25, -0.2) is 4.79 Å². The van der Waals surface area contributed by atoms with Crippen LogP contribution in [-0.4, -0.2) is 75.8 Å². The van der Waals surface area contributed by atoms with Crippen LogP contribution in [0.25, 0.3) is 0 Å². The van der Waals surface area contributed by atoms with Gasteiger partial charge in [-0.05, 0) is 55.6 Å². The average molecular weight is 466 g/mol. The lowest BCUT2D eigenvalue weighted by atomic mass is 9.80. The second-order valence-corrected chi connectivity index (χ2v) is 11.2. The number of rotatable bonds is 3. The molecule has 3 heterocycles. The van der Waals surface area contributed by atoms with E-state index < -0.39 is 22.3 Å². The number of nitrogens with zero attached hydrogens (tertiary/aromatic N) is 2. The van der Waals surface area contributed by atoms with Crippen LogP contribution in [0.3, 0.4) is 0 Å². The molecule has 32 heavy (non-hydrogen) atoms. The van der Waals surface area contributed by atoms with Gasteiger partial charge in [0, 0.05) is 33.1 Å². The highest BCUT2D eigenvalue weighted by Crippen LogP contribution is 2.36. The van der Waals surface area contributed by atoms with Gasteiger partial charge in [0.05, 0.1) is 25.4 Å². The zero-order valence-electron chi connectivity index (χ0n) is 19.0. The molecule has 2 bridgehead atoms. The number of piperidine rings is 1. The maximum absolute atomic E-state index is 13.0. The van der Waals surface area contributed by atoms with Crippen molar-refractivity contribution in [3.8, 4) is 0 Å². The van der Waals surface area contributed by atoms with E-state index in [2.05, 4.69) is 22.9 Å². The lowest BCUT2D eigenvalue weighted by Crippen LogP contribution is -2.60. The van der Waals surface area contributed by atoms with Crippen LogP contribution in [0.1, 0.15) is 55.6 Å². The van der Waals surface area contributed by atoms with Crippen LogP contribution in [0, 0.1) is 0 Å². The molecule has 0 unspecified atom stereocenters. The van der Waals surface area contributed by atoms with E-state index in [0.717, 1.165) is 30.0 Å². The molecule has 0 aromatic heterocycles. The Labute approximate surface area is 191 Å². The van der Waals surface area contributed by atoms with Crippen molar-refractivity contribution < 1.29 is 22.7 Å². The standard InChI is InChI=1S/C23H35N3O5S/c1-25(2)32(28,29)24-21-8-5-14-26-22(21)16-31-19-11-9-18(10-12-19)20-7-4-3-6-17(20)13-15-30-23(26)27/h3-4,6-7,18-19,21-22,24H,5,8-16H2,1-2H3/t18?,19?,21-,22+/m1/s1. The van der Waals surface area contributed by atoms with Gasteiger partial charge in [0.2, 0.25) is 0 Å². The van der Waals surface area contributed by atoms with Crippen molar-refractivity contribution in [2.75, 3.05) is 33.9 Å². The van der Waals surface area contributed by atoms with E-state index >= 15 is 0 Å². The molecule has 5 rings (SSSR count). The van der Waals surface area contributed by atoms with Crippen LogP contribution in [0.4, 0.5) is 4.79 Å². The second kappa shape index (κ2) is 10.1. The van der Waals surface area contributed by atoms with E-state index in [4.69, 9.17) is 9.47 Å². The number of carbonyl (C=O) groups excluding carboxylic acids is 1.